The van der Waals surface area contributed by atoms with Crippen molar-refractivity contribution in [3.63, 3.8) is 0 Å². The number of nitrogens with two attached hydrogens (primary N) is 1. The molecule has 110 valence electrons. The molecule has 0 saturated heterocycles. The number of amides is 1. The van der Waals surface area contributed by atoms with Crippen molar-refractivity contribution in [1.29, 1.82) is 0 Å². The summed E-state index contributed by atoms with van der Waals surface area (Å²) in [6.45, 7) is 0. The summed E-state index contributed by atoms with van der Waals surface area (Å²) in [5, 5.41) is 9.22. The molecule has 0 spiro atoms. The third-order valence-corrected chi connectivity index (χ3v) is 3.88. The Balaban J connectivity index is 1.87. The molecule has 1 aromatic heterocycles. The molecule has 2 aromatic rings. The fourth-order valence-corrected chi connectivity index (χ4v) is 2.61. The van der Waals surface area contributed by atoms with Crippen molar-refractivity contribution in [1.82, 2.24) is 10.2 Å². The second-order valence-corrected chi connectivity index (χ2v) is 5.69. The van der Waals surface area contributed by atoms with Crippen LogP contribution in [0.5, 0.6) is 0 Å². The van der Waals surface area contributed by atoms with E-state index in [9.17, 15) is 9.18 Å². The molecule has 0 atom stereocenters. The number of benzene rings is 1. The van der Waals surface area contributed by atoms with Crippen molar-refractivity contribution in [2.45, 2.75) is 18.8 Å². The second kappa shape index (κ2) is 5.20. The number of hydrogen-bond acceptors (Lipinski definition) is 3. The minimum Gasteiger partial charge on any atom is -0.395 e. The first-order valence-electron chi connectivity index (χ1n) is 6.27. The van der Waals surface area contributed by atoms with Crippen molar-refractivity contribution in [2.24, 2.45) is 0 Å². The molecular weight excluding hydrogens is 318 g/mol. The molecule has 0 radical (unpaired) electrons. The third-order valence-electron chi connectivity index (χ3n) is 3.28. The Bertz CT molecular complexity index is 704. The highest BCUT2D eigenvalue weighted by atomic mass is 35.5. The number of halogens is 3. The molecule has 1 heterocycles. The summed E-state index contributed by atoms with van der Waals surface area (Å²) < 4.78 is 13.1. The number of H-pyrrole nitrogens is 1. The molecular formula is C13H11Cl2FN4O. The molecule has 0 aliphatic heterocycles. The Hall–Kier alpha value is -1.79. The molecule has 1 saturated carbocycles. The lowest BCUT2D eigenvalue weighted by molar-refractivity contribution is 0.102. The lowest BCUT2D eigenvalue weighted by Gasteiger charge is -2.08. The zero-order chi connectivity index (χ0) is 15.1. The van der Waals surface area contributed by atoms with Gasteiger partial charge in [-0.2, -0.15) is 5.10 Å². The lowest BCUT2D eigenvalue weighted by atomic mass is 10.2. The van der Waals surface area contributed by atoms with Gasteiger partial charge in [-0.1, -0.05) is 23.2 Å². The highest BCUT2D eigenvalue weighted by molar-refractivity contribution is 6.40. The summed E-state index contributed by atoms with van der Waals surface area (Å²) in [7, 11) is 0. The van der Waals surface area contributed by atoms with E-state index in [1.54, 1.807) is 0 Å². The van der Waals surface area contributed by atoms with Crippen molar-refractivity contribution in [2.75, 3.05) is 11.1 Å². The number of carbonyl (C=O) groups excluding carboxylic acids is 1. The Labute approximate surface area is 129 Å². The summed E-state index contributed by atoms with van der Waals surface area (Å²) in [5.41, 5.74) is 7.22. The number of anilines is 2. The van der Waals surface area contributed by atoms with Gasteiger partial charge in [0.25, 0.3) is 5.91 Å². The van der Waals surface area contributed by atoms with Gasteiger partial charge >= 0.3 is 0 Å². The topological polar surface area (TPSA) is 83.8 Å². The Kier molecular flexibility index (Phi) is 3.51. The fourth-order valence-electron chi connectivity index (χ4n) is 2.05. The number of aromatic nitrogens is 2. The van der Waals surface area contributed by atoms with E-state index in [1.165, 1.54) is 0 Å². The van der Waals surface area contributed by atoms with Crippen molar-refractivity contribution in [3.8, 4) is 0 Å². The molecule has 0 unspecified atom stereocenters. The summed E-state index contributed by atoms with van der Waals surface area (Å²) in [6, 6.07) is 2.12. The van der Waals surface area contributed by atoms with Crippen LogP contribution in [0.4, 0.5) is 15.8 Å². The normalized spacial score (nSPS) is 14.2. The number of nitrogen functional groups attached to an aromatic ring is 1. The number of nitrogens with one attached hydrogen (secondary N) is 2. The average Bonchev–Trinajstić information content (AvgIpc) is 3.17. The molecule has 1 aliphatic rings. The SMILES string of the molecule is Nc1c(C(=O)Nc2c(Cl)cc(F)cc2Cl)n[nH]c1C1CC1. The zero-order valence-corrected chi connectivity index (χ0v) is 12.2. The van der Waals surface area contributed by atoms with E-state index in [0.29, 0.717) is 11.6 Å². The van der Waals surface area contributed by atoms with Crippen LogP contribution in [0.2, 0.25) is 10.0 Å². The van der Waals surface area contributed by atoms with Gasteiger partial charge in [0.1, 0.15) is 5.82 Å². The van der Waals surface area contributed by atoms with Crippen molar-refractivity contribution >= 4 is 40.5 Å². The van der Waals surface area contributed by atoms with E-state index in [2.05, 4.69) is 15.5 Å². The van der Waals surface area contributed by atoms with E-state index < -0.39 is 11.7 Å². The van der Waals surface area contributed by atoms with E-state index in [-0.39, 0.29) is 21.4 Å². The van der Waals surface area contributed by atoms with E-state index in [4.69, 9.17) is 28.9 Å². The highest BCUT2D eigenvalue weighted by Gasteiger charge is 2.30. The quantitative estimate of drug-likeness (QED) is 0.805. The molecule has 1 amide bonds. The number of hydrogen-bond donors (Lipinski definition) is 3. The van der Waals surface area contributed by atoms with Gasteiger partial charge in [0.05, 0.1) is 27.1 Å². The molecule has 5 nitrogen and oxygen atoms in total. The smallest absolute Gasteiger partial charge is 0.278 e. The van der Waals surface area contributed by atoms with Crippen molar-refractivity contribution < 1.29 is 9.18 Å². The Morgan fingerprint density at radius 1 is 1.38 bits per heavy atom. The first-order chi connectivity index (χ1) is 9.97. The number of rotatable bonds is 3. The second-order valence-electron chi connectivity index (χ2n) is 4.87. The Morgan fingerprint density at radius 2 is 2.00 bits per heavy atom. The highest BCUT2D eigenvalue weighted by Crippen LogP contribution is 2.42. The van der Waals surface area contributed by atoms with Gasteiger partial charge in [-0.05, 0) is 25.0 Å². The maximum atomic E-state index is 13.1. The van der Waals surface area contributed by atoms with Gasteiger partial charge in [0, 0.05) is 5.92 Å². The summed E-state index contributed by atoms with van der Waals surface area (Å²) in [6.07, 6.45) is 2.06. The summed E-state index contributed by atoms with van der Waals surface area (Å²) in [5.74, 6) is -0.790. The van der Waals surface area contributed by atoms with Gasteiger partial charge in [-0.15, -0.1) is 0 Å². The van der Waals surface area contributed by atoms with Crippen LogP contribution in [-0.2, 0) is 0 Å². The van der Waals surface area contributed by atoms with Crippen LogP contribution < -0.4 is 11.1 Å². The summed E-state index contributed by atoms with van der Waals surface area (Å²) in [4.78, 5) is 12.2. The molecule has 0 bridgehead atoms. The molecule has 21 heavy (non-hydrogen) atoms. The molecule has 4 N–H and O–H groups in total. The number of carbonyl (C=O) groups is 1. The van der Waals surface area contributed by atoms with Crippen LogP contribution in [0.15, 0.2) is 12.1 Å². The van der Waals surface area contributed by atoms with Crippen LogP contribution in [0.1, 0.15) is 34.9 Å². The number of aromatic amines is 1. The number of nitrogens with zero attached hydrogens (tertiary/aromatic N) is 1. The van der Waals surface area contributed by atoms with Gasteiger partial charge < -0.3 is 11.1 Å². The summed E-state index contributed by atoms with van der Waals surface area (Å²) >= 11 is 11.7. The fraction of sp³-hybridized carbons (Fsp3) is 0.231. The molecule has 1 aromatic carbocycles. The van der Waals surface area contributed by atoms with E-state index in [0.717, 1.165) is 30.7 Å². The maximum absolute atomic E-state index is 13.1. The van der Waals surface area contributed by atoms with Crippen LogP contribution >= 0.6 is 23.2 Å². The standard InChI is InChI=1S/C13H11Cl2FN4O/c14-7-3-6(16)4-8(15)11(7)18-13(21)12-9(17)10(19-20-12)5-1-2-5/h3-5H,1-2,17H2,(H,18,21)(H,19,20). The molecule has 1 fully saturated rings. The lowest BCUT2D eigenvalue weighted by Crippen LogP contribution is -2.15. The van der Waals surface area contributed by atoms with Gasteiger partial charge in [-0.25, -0.2) is 4.39 Å². The van der Waals surface area contributed by atoms with Gasteiger partial charge in [0.2, 0.25) is 0 Å². The first kappa shape index (κ1) is 14.2. The largest absolute Gasteiger partial charge is 0.395 e. The molecule has 1 aliphatic carbocycles. The van der Waals surface area contributed by atoms with Crippen LogP contribution in [0, 0.1) is 5.82 Å². The zero-order valence-electron chi connectivity index (χ0n) is 10.7. The molecule has 8 heteroatoms. The Morgan fingerprint density at radius 3 is 2.57 bits per heavy atom. The van der Waals surface area contributed by atoms with Crippen LogP contribution in [0.3, 0.4) is 0 Å². The first-order valence-corrected chi connectivity index (χ1v) is 7.02. The van der Waals surface area contributed by atoms with Gasteiger partial charge in [0.15, 0.2) is 5.69 Å². The minimum atomic E-state index is -0.585. The molecule has 3 rings (SSSR count). The van der Waals surface area contributed by atoms with Crippen molar-refractivity contribution in [3.05, 3.63) is 39.4 Å². The van der Waals surface area contributed by atoms with Gasteiger partial charge in [-0.3, -0.25) is 9.89 Å². The van der Waals surface area contributed by atoms with Crippen LogP contribution in [0.25, 0.3) is 0 Å². The van der Waals surface area contributed by atoms with E-state index in [1.807, 2.05) is 0 Å². The monoisotopic (exact) mass is 328 g/mol. The maximum Gasteiger partial charge on any atom is 0.278 e. The minimum absolute atomic E-state index is 0.00451. The van der Waals surface area contributed by atoms with E-state index >= 15 is 0 Å². The predicted octanol–water partition coefficient (Wildman–Crippen LogP) is 3.57. The van der Waals surface area contributed by atoms with Crippen LogP contribution in [-0.4, -0.2) is 16.1 Å². The average molecular weight is 329 g/mol. The third kappa shape index (κ3) is 2.69. The predicted molar refractivity (Wildman–Crippen MR) is 79.3 cm³/mol.